The summed E-state index contributed by atoms with van der Waals surface area (Å²) in [6.07, 6.45) is -4.61. The van der Waals surface area contributed by atoms with Gasteiger partial charge in [0.1, 0.15) is 0 Å². The maximum atomic E-state index is 10.6. The van der Waals surface area contributed by atoms with Crippen LogP contribution in [0, 0.1) is 0 Å². The zero-order valence-corrected chi connectivity index (χ0v) is 7.08. The molecule has 3 N–H and O–H groups in total. The fourth-order valence-electron chi connectivity index (χ4n) is 0.543. The number of hydrogen-bond donors (Lipinski definition) is 2. The first kappa shape index (κ1) is 13.2. The van der Waals surface area contributed by atoms with Crippen molar-refractivity contribution in [1.29, 1.82) is 0 Å². The molecule has 1 fully saturated rings. The summed E-state index contributed by atoms with van der Waals surface area (Å²) in [5, 5.41) is 7.12. The highest BCUT2D eigenvalue weighted by atomic mass is 19.4. The number of nitrogens with two attached hydrogens (primary N) is 1. The van der Waals surface area contributed by atoms with Crippen LogP contribution in [0.3, 0.4) is 0 Å². The van der Waals surface area contributed by atoms with E-state index >= 15 is 0 Å². The Hall–Kier alpha value is -0.795. The van der Waals surface area contributed by atoms with E-state index in [1.165, 1.54) is 0 Å². The maximum absolute atomic E-state index is 10.6. The van der Waals surface area contributed by atoms with Gasteiger partial charge >= 0.3 is 19.3 Å². The monoisotopic (exact) mass is 215 g/mol. The second-order valence-corrected chi connectivity index (χ2v) is 2.21. The third-order valence-corrected chi connectivity index (χ3v) is 1.13. The number of alkyl halides is 3. The van der Waals surface area contributed by atoms with Crippen molar-refractivity contribution in [2.24, 2.45) is 5.73 Å². The molecule has 0 saturated carbocycles. The molecule has 0 amide bonds. The van der Waals surface area contributed by atoms with Crippen molar-refractivity contribution in [3.63, 3.8) is 0 Å². The molecular formula is C5H9BF3NO4. The molecule has 14 heavy (non-hydrogen) atoms. The minimum atomic E-state index is -5.08. The average Bonchev–Trinajstić information content (AvgIpc) is 2.54. The quantitative estimate of drug-likeness (QED) is 0.584. The van der Waals surface area contributed by atoms with Crippen LogP contribution in [-0.2, 0) is 14.1 Å². The van der Waals surface area contributed by atoms with E-state index in [4.69, 9.17) is 24.9 Å². The highest BCUT2D eigenvalue weighted by molar-refractivity contribution is 6.45. The molecule has 0 spiro atoms. The summed E-state index contributed by atoms with van der Waals surface area (Å²) in [5.41, 5.74) is 5.18. The second-order valence-electron chi connectivity index (χ2n) is 2.21. The summed E-state index contributed by atoms with van der Waals surface area (Å²) >= 11 is 0. The standard InChI is InChI=1S/C3H8BNO2.C2HF3O2/c5-3-4-6-1-2-7-4;3-2(4,5)1(6)7/h1-3,5H2;(H,6,7). The van der Waals surface area contributed by atoms with Crippen molar-refractivity contribution in [3.8, 4) is 0 Å². The van der Waals surface area contributed by atoms with E-state index in [1.54, 1.807) is 0 Å². The molecule has 0 atom stereocenters. The van der Waals surface area contributed by atoms with Crippen molar-refractivity contribution in [2.45, 2.75) is 6.18 Å². The SMILES string of the molecule is NCB1OCCO1.O=C(O)C(F)(F)F. The minimum Gasteiger partial charge on any atom is -0.475 e. The zero-order chi connectivity index (χ0) is 11.2. The number of carbonyl (C=O) groups is 1. The molecule has 1 aliphatic rings. The second kappa shape index (κ2) is 5.84. The average molecular weight is 215 g/mol. The Bertz CT molecular complexity index is 182. The van der Waals surface area contributed by atoms with Crippen LogP contribution in [0.25, 0.3) is 0 Å². The van der Waals surface area contributed by atoms with Crippen molar-refractivity contribution in [2.75, 3.05) is 19.7 Å². The summed E-state index contributed by atoms with van der Waals surface area (Å²) in [7, 11) is -0.125. The molecule has 82 valence electrons. The van der Waals surface area contributed by atoms with Gasteiger partial charge in [0.25, 0.3) is 0 Å². The summed E-state index contributed by atoms with van der Waals surface area (Å²) in [6, 6.07) is 0. The summed E-state index contributed by atoms with van der Waals surface area (Å²) in [6.45, 7) is 1.39. The predicted molar refractivity (Wildman–Crippen MR) is 40.4 cm³/mol. The van der Waals surface area contributed by atoms with E-state index in [2.05, 4.69) is 0 Å². The largest absolute Gasteiger partial charge is 0.490 e. The van der Waals surface area contributed by atoms with Crippen LogP contribution in [0.4, 0.5) is 13.2 Å². The topological polar surface area (TPSA) is 81.8 Å². The molecule has 5 nitrogen and oxygen atoms in total. The van der Waals surface area contributed by atoms with Gasteiger partial charge in [-0.2, -0.15) is 13.2 Å². The van der Waals surface area contributed by atoms with Crippen molar-refractivity contribution in [1.82, 2.24) is 0 Å². The van der Waals surface area contributed by atoms with Crippen LogP contribution in [0.15, 0.2) is 0 Å². The van der Waals surface area contributed by atoms with Crippen molar-refractivity contribution < 1.29 is 32.4 Å². The summed E-state index contributed by atoms with van der Waals surface area (Å²) < 4.78 is 41.6. The van der Waals surface area contributed by atoms with Crippen molar-refractivity contribution in [3.05, 3.63) is 0 Å². The van der Waals surface area contributed by atoms with Gasteiger partial charge in [0.2, 0.25) is 0 Å². The lowest BCUT2D eigenvalue weighted by molar-refractivity contribution is -0.192. The number of hydrogen-bond acceptors (Lipinski definition) is 4. The zero-order valence-electron chi connectivity index (χ0n) is 7.08. The van der Waals surface area contributed by atoms with Gasteiger partial charge in [0, 0.05) is 6.44 Å². The van der Waals surface area contributed by atoms with Crippen LogP contribution >= 0.6 is 0 Å². The van der Waals surface area contributed by atoms with Crippen LogP contribution in [0.2, 0.25) is 0 Å². The third-order valence-electron chi connectivity index (χ3n) is 1.13. The highest BCUT2D eigenvalue weighted by Gasteiger charge is 2.38. The first-order valence-corrected chi connectivity index (χ1v) is 3.61. The Morgan fingerprint density at radius 1 is 1.43 bits per heavy atom. The summed E-state index contributed by atoms with van der Waals surface area (Å²) in [4.78, 5) is 8.90. The van der Waals surface area contributed by atoms with Crippen LogP contribution < -0.4 is 5.73 Å². The minimum absolute atomic E-state index is 0.125. The highest BCUT2D eigenvalue weighted by Crippen LogP contribution is 2.13. The van der Waals surface area contributed by atoms with Crippen LogP contribution in [0.1, 0.15) is 0 Å². The molecule has 0 aromatic heterocycles. The van der Waals surface area contributed by atoms with Gasteiger partial charge in [0.05, 0.1) is 13.2 Å². The van der Waals surface area contributed by atoms with Gasteiger partial charge in [0.15, 0.2) is 0 Å². The molecule has 0 unspecified atom stereocenters. The molecular weight excluding hydrogens is 206 g/mol. The molecule has 0 bridgehead atoms. The number of rotatable bonds is 1. The molecule has 9 heteroatoms. The Morgan fingerprint density at radius 3 is 1.93 bits per heavy atom. The Balaban J connectivity index is 0.000000241. The number of halogens is 3. The molecule has 0 aromatic carbocycles. The lowest BCUT2D eigenvalue weighted by Crippen LogP contribution is -2.26. The first-order valence-electron chi connectivity index (χ1n) is 3.61. The maximum Gasteiger partial charge on any atom is 0.490 e. The predicted octanol–water partition coefficient (Wildman–Crippen LogP) is -0.347. The Labute approximate surface area is 78.1 Å². The summed E-state index contributed by atoms with van der Waals surface area (Å²) in [5.74, 6) is -2.76. The smallest absolute Gasteiger partial charge is 0.475 e. The molecule has 1 heterocycles. The molecule has 0 radical (unpaired) electrons. The van der Waals surface area contributed by atoms with E-state index in [9.17, 15) is 13.2 Å². The molecule has 1 saturated heterocycles. The third kappa shape index (κ3) is 5.78. The van der Waals surface area contributed by atoms with Gasteiger partial charge < -0.3 is 20.1 Å². The van der Waals surface area contributed by atoms with E-state index in [0.29, 0.717) is 19.7 Å². The van der Waals surface area contributed by atoms with E-state index in [1.807, 2.05) is 0 Å². The number of carboxylic acids is 1. The van der Waals surface area contributed by atoms with Crippen molar-refractivity contribution >= 4 is 13.1 Å². The van der Waals surface area contributed by atoms with Gasteiger partial charge in [-0.3, -0.25) is 0 Å². The number of carboxylic acid groups (broad SMARTS) is 1. The van der Waals surface area contributed by atoms with E-state index in [-0.39, 0.29) is 7.12 Å². The number of aliphatic carboxylic acids is 1. The van der Waals surface area contributed by atoms with Gasteiger partial charge in [-0.05, 0) is 0 Å². The first-order chi connectivity index (χ1) is 6.38. The fourth-order valence-corrected chi connectivity index (χ4v) is 0.543. The Morgan fingerprint density at radius 2 is 1.79 bits per heavy atom. The Kier molecular flexibility index (Phi) is 5.50. The molecule has 1 rings (SSSR count). The van der Waals surface area contributed by atoms with Crippen LogP contribution in [-0.4, -0.2) is 44.0 Å². The normalized spacial score (nSPS) is 16.1. The van der Waals surface area contributed by atoms with E-state index in [0.717, 1.165) is 0 Å². The lowest BCUT2D eigenvalue weighted by atomic mass is 9.92. The molecule has 0 aromatic rings. The van der Waals surface area contributed by atoms with Gasteiger partial charge in [-0.1, -0.05) is 0 Å². The molecule has 1 aliphatic heterocycles. The lowest BCUT2D eigenvalue weighted by Gasteiger charge is -1.94. The van der Waals surface area contributed by atoms with E-state index < -0.39 is 12.1 Å². The van der Waals surface area contributed by atoms with Gasteiger partial charge in [-0.15, -0.1) is 0 Å². The fraction of sp³-hybridized carbons (Fsp3) is 0.800. The van der Waals surface area contributed by atoms with Gasteiger partial charge in [-0.25, -0.2) is 4.79 Å². The van der Waals surface area contributed by atoms with Crippen LogP contribution in [0.5, 0.6) is 0 Å². The molecule has 0 aliphatic carbocycles.